The van der Waals surface area contributed by atoms with Crippen LogP contribution in [0.2, 0.25) is 0 Å². The third-order valence-corrected chi connectivity index (χ3v) is 15.2. The fourth-order valence-corrected chi connectivity index (χ4v) is 11.5. The lowest BCUT2D eigenvalue weighted by molar-refractivity contribution is 0.319. The van der Waals surface area contributed by atoms with E-state index in [2.05, 4.69) is 50.0 Å². The number of pyridine rings is 2. The fourth-order valence-electron chi connectivity index (χ4n) is 9.82. The second-order valence-electron chi connectivity index (χ2n) is 17.1. The highest BCUT2D eigenvalue weighted by molar-refractivity contribution is 7.99. The average Bonchev–Trinajstić information content (AvgIpc) is 4.16. The van der Waals surface area contributed by atoms with Crippen molar-refractivity contribution in [1.29, 1.82) is 0 Å². The molecule has 2 N–H and O–H groups in total. The first kappa shape index (κ1) is 43.9. The molecular formula is C46H54F2N12O2S2. The molecule has 0 aliphatic carbocycles. The van der Waals surface area contributed by atoms with Gasteiger partial charge in [0.2, 0.25) is 11.1 Å². The molecule has 64 heavy (non-hydrogen) atoms. The van der Waals surface area contributed by atoms with Crippen molar-refractivity contribution in [3.63, 3.8) is 0 Å². The van der Waals surface area contributed by atoms with Crippen LogP contribution in [0.5, 0.6) is 0 Å². The van der Waals surface area contributed by atoms with Crippen molar-refractivity contribution in [2.45, 2.75) is 48.1 Å². The van der Waals surface area contributed by atoms with Gasteiger partial charge >= 0.3 is 0 Å². The molecular weight excluding hydrogens is 855 g/mol. The molecule has 4 aliphatic rings. The van der Waals surface area contributed by atoms with E-state index in [0.717, 1.165) is 110 Å². The molecule has 4 saturated heterocycles. The molecule has 4 aromatic heterocycles. The van der Waals surface area contributed by atoms with Gasteiger partial charge < -0.3 is 38.7 Å². The number of hydrogen-bond acceptors (Lipinski definition) is 12. The van der Waals surface area contributed by atoms with Gasteiger partial charge in [-0.15, -0.1) is 20.4 Å². The van der Waals surface area contributed by atoms with Crippen LogP contribution < -0.4 is 20.9 Å². The van der Waals surface area contributed by atoms with Crippen molar-refractivity contribution >= 4 is 34.9 Å². The largest absolute Gasteiger partial charge is 0.367 e. The van der Waals surface area contributed by atoms with Crippen molar-refractivity contribution < 1.29 is 8.78 Å². The Morgan fingerprint density at radius 2 is 1.02 bits per heavy atom. The Hall–Kier alpha value is -5.30. The summed E-state index contributed by atoms with van der Waals surface area (Å²) in [7, 11) is 3.87. The van der Waals surface area contributed by atoms with Gasteiger partial charge in [-0.3, -0.25) is 9.59 Å². The number of rotatable bonds is 14. The minimum absolute atomic E-state index is 0.145. The molecule has 18 heteroatoms. The minimum atomic E-state index is -0.178. The number of aromatic amines is 2. The lowest BCUT2D eigenvalue weighted by atomic mass is 10.1. The van der Waals surface area contributed by atoms with Crippen LogP contribution in [0.15, 0.2) is 105 Å². The average molecular weight is 909 g/mol. The van der Waals surface area contributed by atoms with Gasteiger partial charge in [0.15, 0.2) is 22.0 Å². The third-order valence-electron chi connectivity index (χ3n) is 13.0. The fraction of sp³-hybridized carbons (Fsp3) is 0.435. The Bertz CT molecular complexity index is 2440. The van der Waals surface area contributed by atoms with E-state index in [1.165, 1.54) is 25.0 Å². The zero-order chi connectivity index (χ0) is 44.2. The third kappa shape index (κ3) is 9.99. The van der Waals surface area contributed by atoms with Crippen LogP contribution >= 0.6 is 23.5 Å². The van der Waals surface area contributed by atoms with Gasteiger partial charge in [-0.25, -0.2) is 8.78 Å². The summed E-state index contributed by atoms with van der Waals surface area (Å²) in [6, 6.07) is 21.6. The molecule has 0 saturated carbocycles. The first-order chi connectivity index (χ1) is 31.2. The maximum absolute atomic E-state index is 13.3. The van der Waals surface area contributed by atoms with E-state index >= 15 is 0 Å². The number of likely N-dealkylation sites (tertiary alicyclic amines) is 2. The number of hydrogen-bond donors (Lipinski definition) is 2. The summed E-state index contributed by atoms with van der Waals surface area (Å²) in [5.74, 6) is 4.37. The van der Waals surface area contributed by atoms with Crippen molar-refractivity contribution in [2.75, 3.05) is 73.7 Å². The smallest absolute Gasteiger partial charge is 0.248 e. The zero-order valence-electron chi connectivity index (χ0n) is 36.2. The zero-order valence-corrected chi connectivity index (χ0v) is 37.8. The molecule has 336 valence electrons. The molecule has 6 aromatic rings. The van der Waals surface area contributed by atoms with Gasteiger partial charge in [-0.2, -0.15) is 0 Å². The molecule has 0 amide bonds. The highest BCUT2D eigenvalue weighted by Crippen LogP contribution is 2.37. The number of H-pyrrole nitrogens is 2. The quantitative estimate of drug-likeness (QED) is 0.0979. The summed E-state index contributed by atoms with van der Waals surface area (Å²) in [5.41, 5.74) is 3.51. The van der Waals surface area contributed by atoms with Gasteiger partial charge in [0.1, 0.15) is 11.6 Å². The summed E-state index contributed by atoms with van der Waals surface area (Å²) < 4.78 is 30.4. The van der Waals surface area contributed by atoms with E-state index in [9.17, 15) is 18.4 Å². The van der Waals surface area contributed by atoms with Gasteiger partial charge in [-0.1, -0.05) is 23.5 Å². The van der Waals surface area contributed by atoms with Crippen LogP contribution in [0.3, 0.4) is 0 Å². The van der Waals surface area contributed by atoms with Crippen molar-refractivity contribution in [2.24, 2.45) is 25.9 Å². The van der Waals surface area contributed by atoms with Gasteiger partial charge in [0.25, 0.3) is 0 Å². The Morgan fingerprint density at radius 3 is 1.42 bits per heavy atom. The van der Waals surface area contributed by atoms with E-state index in [4.69, 9.17) is 0 Å². The van der Waals surface area contributed by atoms with E-state index in [1.807, 2.05) is 59.6 Å². The summed E-state index contributed by atoms with van der Waals surface area (Å²) >= 11 is 3.40. The standard InChI is InChI=1S/2C23H27FN6OS/c2*1-28-22(16-7-9-25-21(31)13-16)26-27-23(28)32-12-2-10-29-14-17-8-11-30(20(17)15-29)19-5-3-18(24)4-6-19/h2*3-7,9,13,17,20H,2,8,10-12,14-15H2,1H3,(H,25,31)/t2*17-,20+/m10/s1. The number of fused-ring (bicyclic) bond motifs is 2. The number of thioether (sulfide) groups is 2. The highest BCUT2D eigenvalue weighted by atomic mass is 32.2. The van der Waals surface area contributed by atoms with E-state index < -0.39 is 0 Å². The van der Waals surface area contributed by atoms with Crippen molar-refractivity contribution in [3.8, 4) is 22.8 Å². The molecule has 8 heterocycles. The molecule has 0 bridgehead atoms. The Balaban J connectivity index is 0.000000162. The van der Waals surface area contributed by atoms with Gasteiger partial charge in [-0.05, 0) is 111 Å². The predicted octanol–water partition coefficient (Wildman–Crippen LogP) is 6.00. The van der Waals surface area contributed by atoms with Crippen LogP contribution in [-0.2, 0) is 14.1 Å². The van der Waals surface area contributed by atoms with Crippen LogP contribution in [0, 0.1) is 23.5 Å². The van der Waals surface area contributed by atoms with E-state index in [0.29, 0.717) is 35.6 Å². The number of benzene rings is 2. The van der Waals surface area contributed by atoms with Gasteiger partial charge in [0.05, 0.1) is 0 Å². The Labute approximate surface area is 379 Å². The topological polar surface area (TPSA) is 140 Å². The molecule has 0 spiro atoms. The Kier molecular flexibility index (Phi) is 13.6. The second-order valence-corrected chi connectivity index (χ2v) is 19.2. The summed E-state index contributed by atoms with van der Waals surface area (Å²) in [4.78, 5) is 38.4. The predicted molar refractivity (Wildman–Crippen MR) is 249 cm³/mol. The maximum atomic E-state index is 13.3. The monoisotopic (exact) mass is 908 g/mol. The number of nitrogens with one attached hydrogen (secondary N) is 2. The molecule has 14 nitrogen and oxygen atoms in total. The summed E-state index contributed by atoms with van der Waals surface area (Å²) in [6.45, 7) is 8.69. The molecule has 4 fully saturated rings. The van der Waals surface area contributed by atoms with Crippen molar-refractivity contribution in [1.82, 2.24) is 49.3 Å². The molecule has 4 aliphatic heterocycles. The van der Waals surface area contributed by atoms with Crippen molar-refractivity contribution in [3.05, 3.63) is 118 Å². The molecule has 10 rings (SSSR count). The first-order valence-corrected chi connectivity index (χ1v) is 24.1. The van der Waals surface area contributed by atoms with Crippen LogP contribution in [0.1, 0.15) is 25.7 Å². The summed E-state index contributed by atoms with van der Waals surface area (Å²) in [6.07, 6.45) is 7.82. The van der Waals surface area contributed by atoms with E-state index in [-0.39, 0.29) is 22.8 Å². The normalized spacial score (nSPS) is 20.8. The summed E-state index contributed by atoms with van der Waals surface area (Å²) in [5, 5.41) is 18.9. The lowest BCUT2D eigenvalue weighted by Gasteiger charge is -2.27. The van der Waals surface area contributed by atoms with Crippen LogP contribution in [0.4, 0.5) is 20.2 Å². The number of anilines is 2. The lowest BCUT2D eigenvalue weighted by Crippen LogP contribution is -2.35. The Morgan fingerprint density at radius 1 is 0.594 bits per heavy atom. The number of nitrogens with zero attached hydrogens (tertiary/aromatic N) is 10. The first-order valence-electron chi connectivity index (χ1n) is 22.1. The van der Waals surface area contributed by atoms with Crippen LogP contribution in [-0.4, -0.2) is 125 Å². The van der Waals surface area contributed by atoms with E-state index in [1.54, 1.807) is 60.2 Å². The van der Waals surface area contributed by atoms with Crippen LogP contribution in [0.25, 0.3) is 22.8 Å². The number of halogens is 2. The molecule has 0 unspecified atom stereocenters. The maximum Gasteiger partial charge on any atom is 0.248 e. The van der Waals surface area contributed by atoms with Gasteiger partial charge in [0, 0.05) is 124 Å². The minimum Gasteiger partial charge on any atom is -0.367 e. The molecule has 0 radical (unpaired) electrons. The molecule has 4 atom stereocenters. The SMILES string of the molecule is Cn1c(SCCCN2C[C@@H]3CCN(c4ccc(F)cc4)[C@@H]3C2)nnc1-c1cc[nH]c(=O)c1.Cn1c(SCCCN2C[C@H]3CCN(c4ccc(F)cc4)[C@H]3C2)nnc1-c1cc[nH]c(=O)c1. The highest BCUT2D eigenvalue weighted by Gasteiger charge is 2.42. The number of aromatic nitrogens is 8. The molecule has 2 aromatic carbocycles. The second kappa shape index (κ2) is 19.8.